The second kappa shape index (κ2) is 6.83. The van der Waals surface area contributed by atoms with E-state index in [2.05, 4.69) is 32.2 Å². The van der Waals surface area contributed by atoms with Crippen molar-refractivity contribution >= 4 is 13.4 Å². The average Bonchev–Trinajstić information content (AvgIpc) is 1.81. The molecule has 1 N–H and O–H groups in total. The Morgan fingerprint density at radius 2 is 2.38 bits per heavy atom. The minimum absolute atomic E-state index is 0.243. The van der Waals surface area contributed by atoms with Crippen molar-refractivity contribution in [3.05, 3.63) is 0 Å². The summed E-state index contributed by atoms with van der Waals surface area (Å²) in [5.41, 5.74) is 2.24. The molecule has 5 heteroatoms. The molecule has 8 heavy (non-hydrogen) atoms. The molecule has 0 aliphatic rings. The van der Waals surface area contributed by atoms with Crippen molar-refractivity contribution in [2.24, 2.45) is 8.31 Å². The van der Waals surface area contributed by atoms with Crippen molar-refractivity contribution in [1.82, 2.24) is 5.59 Å². The average molecular weight is 228 g/mol. The van der Waals surface area contributed by atoms with Crippen molar-refractivity contribution in [3.63, 3.8) is 0 Å². The summed E-state index contributed by atoms with van der Waals surface area (Å²) in [4.78, 5) is 4.66. The first-order chi connectivity index (χ1) is 3.91. The van der Waals surface area contributed by atoms with Gasteiger partial charge < -0.3 is 0 Å². The zero-order valence-corrected chi connectivity index (χ0v) is 6.46. The first-order valence-electron chi connectivity index (χ1n) is 1.79. The predicted octanol–water partition coefficient (Wildman–Crippen LogP) is -3.21. The standard InChI is InChI=1S/C3H7IN3O/c1-5-4-3-8-7-6-2/h7H,1-3H2/q-1. The van der Waals surface area contributed by atoms with Crippen molar-refractivity contribution in [3.8, 4) is 0 Å². The quantitative estimate of drug-likeness (QED) is 0.177. The summed E-state index contributed by atoms with van der Waals surface area (Å²) in [5, 5.41) is 3.24. The Morgan fingerprint density at radius 1 is 1.62 bits per heavy atom. The Bertz CT molecular complexity index is 66.9. The van der Waals surface area contributed by atoms with Gasteiger partial charge in [-0.3, -0.25) is 0 Å². The summed E-state index contributed by atoms with van der Waals surface area (Å²) >= 11 is -0.243. The Kier molecular flexibility index (Phi) is 6.68. The molecule has 0 spiro atoms. The number of nitrogens with one attached hydrogen (secondary N) is 1. The monoisotopic (exact) mass is 228 g/mol. The van der Waals surface area contributed by atoms with Gasteiger partial charge in [-0.2, -0.15) is 0 Å². The van der Waals surface area contributed by atoms with E-state index in [-0.39, 0.29) is 21.5 Å². The molecule has 48 valence electrons. The van der Waals surface area contributed by atoms with Gasteiger partial charge in [0.25, 0.3) is 0 Å². The Morgan fingerprint density at radius 3 is 2.88 bits per heavy atom. The molecule has 4 nitrogen and oxygen atoms in total. The van der Waals surface area contributed by atoms with Crippen molar-refractivity contribution in [2.45, 2.75) is 0 Å². The van der Waals surface area contributed by atoms with E-state index in [4.69, 9.17) is 0 Å². The summed E-state index contributed by atoms with van der Waals surface area (Å²) in [6.45, 7) is 6.44. The van der Waals surface area contributed by atoms with E-state index in [9.17, 15) is 0 Å². The summed E-state index contributed by atoms with van der Waals surface area (Å²) in [6, 6.07) is 0. The minimum atomic E-state index is -0.243. The van der Waals surface area contributed by atoms with Crippen molar-refractivity contribution < 1.29 is 26.3 Å². The van der Waals surface area contributed by atoms with E-state index in [1.807, 2.05) is 0 Å². The van der Waals surface area contributed by atoms with Crippen LogP contribution < -0.4 is 27.1 Å². The first-order valence-corrected chi connectivity index (χ1v) is 4.28. The molecule has 0 aromatic carbocycles. The van der Waals surface area contributed by atoms with Gasteiger partial charge in [-0.25, -0.2) is 0 Å². The topological polar surface area (TPSA) is 46.0 Å². The normalized spacial score (nSPS) is 8.50. The van der Waals surface area contributed by atoms with Gasteiger partial charge in [0.15, 0.2) is 0 Å². The Hall–Kier alpha value is -0.170. The van der Waals surface area contributed by atoms with Crippen molar-refractivity contribution in [2.75, 3.05) is 4.61 Å². The molecule has 0 saturated heterocycles. The van der Waals surface area contributed by atoms with Gasteiger partial charge >= 0.3 is 58.3 Å². The van der Waals surface area contributed by atoms with Crippen LogP contribution in [0.15, 0.2) is 8.31 Å². The molecule has 0 aliphatic carbocycles. The van der Waals surface area contributed by atoms with Crippen LogP contribution in [0.1, 0.15) is 0 Å². The fourth-order valence-corrected chi connectivity index (χ4v) is 0.604. The Balaban J connectivity index is 2.71. The van der Waals surface area contributed by atoms with Gasteiger partial charge in [0.2, 0.25) is 0 Å². The van der Waals surface area contributed by atoms with E-state index in [1.165, 1.54) is 0 Å². The van der Waals surface area contributed by atoms with Crippen LogP contribution in [-0.4, -0.2) is 18.0 Å². The molecule has 0 aromatic rings. The van der Waals surface area contributed by atoms with Gasteiger partial charge in [0.05, 0.1) is 0 Å². The number of hydrazone groups is 1. The third-order valence-electron chi connectivity index (χ3n) is 0.317. The molecule has 0 amide bonds. The van der Waals surface area contributed by atoms with Crippen LogP contribution in [0.4, 0.5) is 0 Å². The van der Waals surface area contributed by atoms with Crippen LogP contribution >= 0.6 is 0 Å². The summed E-state index contributed by atoms with van der Waals surface area (Å²) in [5.74, 6) is 0. The molecular weight excluding hydrogens is 221 g/mol. The molecule has 0 saturated carbocycles. The van der Waals surface area contributed by atoms with E-state index >= 15 is 0 Å². The number of hydrogen-bond donors (Lipinski definition) is 1. The molecular formula is C3H7IN3O-. The zero-order chi connectivity index (χ0) is 6.24. The molecule has 0 atom stereocenters. The molecule has 0 bridgehead atoms. The molecule has 0 radical (unpaired) electrons. The third-order valence-corrected chi connectivity index (χ3v) is 1.39. The van der Waals surface area contributed by atoms with E-state index in [0.717, 1.165) is 0 Å². The second-order valence-corrected chi connectivity index (χ2v) is 2.73. The number of hydrogen-bond acceptors (Lipinski definition) is 4. The molecule has 0 aliphatic heterocycles. The van der Waals surface area contributed by atoms with Crippen LogP contribution in [0.25, 0.3) is 0 Å². The zero-order valence-electron chi connectivity index (χ0n) is 4.30. The number of alkyl halides is 1. The number of halogens is 1. The fourth-order valence-electron chi connectivity index (χ4n) is 0.129. The molecule has 0 rings (SSSR count). The summed E-state index contributed by atoms with van der Waals surface area (Å²) in [6.07, 6.45) is 0. The maximum atomic E-state index is 4.66. The van der Waals surface area contributed by atoms with E-state index in [0.29, 0.717) is 4.61 Å². The second-order valence-electron chi connectivity index (χ2n) is 0.742. The summed E-state index contributed by atoms with van der Waals surface area (Å²) < 4.78 is 4.23. The number of nitrogens with zero attached hydrogens (tertiary/aromatic N) is 2. The van der Waals surface area contributed by atoms with Crippen molar-refractivity contribution in [1.29, 1.82) is 0 Å². The van der Waals surface area contributed by atoms with E-state index < -0.39 is 0 Å². The predicted molar refractivity (Wildman–Crippen MR) is 28.2 cm³/mol. The third kappa shape index (κ3) is 5.83. The fraction of sp³-hybridized carbons (Fsp3) is 0.333. The molecule has 0 aromatic heterocycles. The van der Waals surface area contributed by atoms with Crippen LogP contribution in [0.5, 0.6) is 0 Å². The van der Waals surface area contributed by atoms with Gasteiger partial charge in [-0.1, -0.05) is 0 Å². The first kappa shape index (κ1) is 7.83. The molecule has 0 heterocycles. The van der Waals surface area contributed by atoms with Crippen LogP contribution in [0.3, 0.4) is 0 Å². The maximum absolute atomic E-state index is 4.66. The van der Waals surface area contributed by atoms with Gasteiger partial charge in [-0.15, -0.1) is 0 Å². The molecule has 0 unspecified atom stereocenters. The van der Waals surface area contributed by atoms with E-state index in [1.54, 1.807) is 0 Å². The van der Waals surface area contributed by atoms with Crippen LogP contribution in [0.2, 0.25) is 0 Å². The molecule has 0 fully saturated rings. The van der Waals surface area contributed by atoms with Gasteiger partial charge in [0.1, 0.15) is 0 Å². The van der Waals surface area contributed by atoms with Gasteiger partial charge in [0, 0.05) is 0 Å². The summed E-state index contributed by atoms with van der Waals surface area (Å²) in [7, 11) is 0. The van der Waals surface area contributed by atoms with Crippen LogP contribution in [-0.2, 0) is 4.84 Å². The number of rotatable bonds is 5. The van der Waals surface area contributed by atoms with Gasteiger partial charge in [-0.05, 0) is 0 Å². The SMILES string of the molecule is C=NNOC[I-]N=C. The Labute approximate surface area is 58.6 Å². The van der Waals surface area contributed by atoms with Crippen LogP contribution in [0, 0.1) is 0 Å².